The van der Waals surface area contributed by atoms with Crippen LogP contribution in [-0.4, -0.2) is 93.9 Å². The van der Waals surface area contributed by atoms with Crippen LogP contribution in [0.25, 0.3) is 0 Å². The topological polar surface area (TPSA) is 108 Å². The van der Waals surface area contributed by atoms with Gasteiger partial charge in [-0.1, -0.05) is 40.4 Å². The smallest absolute Gasteiger partial charge is 0.434 e. The minimum atomic E-state index is -6.28. The molecule has 0 saturated carbocycles. The van der Waals surface area contributed by atoms with Crippen LogP contribution in [0.2, 0.25) is 24.7 Å². The Morgan fingerprint density at radius 3 is 1.47 bits per heavy atom. The fourth-order valence-corrected chi connectivity index (χ4v) is 4.92. The van der Waals surface area contributed by atoms with E-state index in [9.17, 15) is 67.1 Å². The second-order valence-electron chi connectivity index (χ2n) is 13.8. The summed E-state index contributed by atoms with van der Waals surface area (Å²) in [6.45, 7) is 11.3. The number of rotatable bonds is 17. The molecule has 0 aliphatic rings. The molecule has 0 radical (unpaired) electrons. The fourth-order valence-electron chi connectivity index (χ4n) is 4.07. The number of hydrogen-bond donors (Lipinski definition) is 1. The van der Waals surface area contributed by atoms with Crippen molar-refractivity contribution < 1.29 is 91.1 Å². The fraction of sp³-hybridized carbons (Fsp3) is 0.893. The van der Waals surface area contributed by atoms with Crippen LogP contribution in [0.15, 0.2) is 0 Å². The Hall–Kier alpha value is -2.29. The van der Waals surface area contributed by atoms with E-state index in [1.54, 1.807) is 0 Å². The van der Waals surface area contributed by atoms with Gasteiger partial charge >= 0.3 is 42.6 Å². The monoisotopic (exact) mass is 762 g/mol. The summed E-state index contributed by atoms with van der Waals surface area (Å²) in [5, 5.41) is 8.59. The molecule has 1 N–H and O–H groups in total. The van der Waals surface area contributed by atoms with Crippen molar-refractivity contribution in [2.45, 2.75) is 122 Å². The summed E-state index contributed by atoms with van der Waals surface area (Å²) in [7, 11) is -1.93. The summed E-state index contributed by atoms with van der Waals surface area (Å²) in [4.78, 5) is 38.2. The first kappa shape index (κ1) is 46.7. The molecule has 0 saturated heterocycles. The number of ether oxygens (including phenoxy) is 4. The Kier molecular flexibility index (Phi) is 16.0. The van der Waals surface area contributed by atoms with Gasteiger partial charge in [-0.05, 0) is 38.1 Å². The van der Waals surface area contributed by atoms with E-state index < -0.39 is 112 Å². The van der Waals surface area contributed by atoms with Crippen LogP contribution in [0, 0.1) is 17.3 Å². The Morgan fingerprint density at radius 1 is 0.694 bits per heavy atom. The van der Waals surface area contributed by atoms with E-state index in [0.717, 1.165) is 0 Å². The number of carbonyl (C=O) groups is 3. The summed E-state index contributed by atoms with van der Waals surface area (Å²) in [5.74, 6) is -11.1. The van der Waals surface area contributed by atoms with Crippen LogP contribution in [0.1, 0.15) is 53.9 Å². The van der Waals surface area contributed by atoms with Crippen molar-refractivity contribution in [3.8, 4) is 0 Å². The molecule has 3 atom stereocenters. The summed E-state index contributed by atoms with van der Waals surface area (Å²) in [6.07, 6.45) is -37.6. The van der Waals surface area contributed by atoms with Crippen molar-refractivity contribution in [1.29, 1.82) is 0 Å². The summed E-state index contributed by atoms with van der Waals surface area (Å²) in [5.41, 5.74) is -1.63. The van der Waals surface area contributed by atoms with Gasteiger partial charge in [-0.25, -0.2) is 0 Å². The number of alkyl halides is 12. The van der Waals surface area contributed by atoms with E-state index in [1.165, 1.54) is 13.8 Å². The SMILES string of the molecule is CC(C(=O)OC(C(F)(F)F)C(F)(F)F)C(CC(CC(C)(C)C(=O)OCCO)OCCC(C)(C)[Si](C)(C)C)C(=O)OC(C(F)(F)F)C(F)(F)F. The molecule has 49 heavy (non-hydrogen) atoms. The molecule has 21 heteroatoms. The zero-order valence-electron chi connectivity index (χ0n) is 28.0. The van der Waals surface area contributed by atoms with Gasteiger partial charge in [0.15, 0.2) is 0 Å². The van der Waals surface area contributed by atoms with Crippen molar-refractivity contribution in [3.05, 3.63) is 0 Å². The van der Waals surface area contributed by atoms with Gasteiger partial charge in [0.05, 0.1) is 30.0 Å². The van der Waals surface area contributed by atoms with Crippen LogP contribution in [0.3, 0.4) is 0 Å². The summed E-state index contributed by atoms with van der Waals surface area (Å²) < 4.78 is 176. The molecule has 3 unspecified atom stereocenters. The lowest BCUT2D eigenvalue weighted by Gasteiger charge is -2.38. The molecule has 0 spiro atoms. The van der Waals surface area contributed by atoms with Gasteiger partial charge in [-0.15, -0.1) is 0 Å². The van der Waals surface area contributed by atoms with Crippen molar-refractivity contribution in [2.24, 2.45) is 17.3 Å². The van der Waals surface area contributed by atoms with Gasteiger partial charge in [-0.2, -0.15) is 52.7 Å². The zero-order valence-corrected chi connectivity index (χ0v) is 29.0. The van der Waals surface area contributed by atoms with Gasteiger partial charge in [0.2, 0.25) is 0 Å². The highest BCUT2D eigenvalue weighted by Gasteiger charge is 2.62. The van der Waals surface area contributed by atoms with Crippen molar-refractivity contribution in [1.82, 2.24) is 0 Å². The molecule has 0 aromatic heterocycles. The molecule has 290 valence electrons. The van der Waals surface area contributed by atoms with E-state index in [0.29, 0.717) is 6.92 Å². The average Bonchev–Trinajstić information content (AvgIpc) is 2.87. The summed E-state index contributed by atoms with van der Waals surface area (Å²) >= 11 is 0. The first-order chi connectivity index (χ1) is 21.6. The van der Waals surface area contributed by atoms with Gasteiger partial charge in [0, 0.05) is 14.7 Å². The van der Waals surface area contributed by atoms with Gasteiger partial charge < -0.3 is 24.1 Å². The Bertz CT molecular complexity index is 1070. The first-order valence-corrected chi connectivity index (χ1v) is 18.2. The zero-order chi connectivity index (χ0) is 39.2. The van der Waals surface area contributed by atoms with Crippen LogP contribution >= 0.6 is 0 Å². The van der Waals surface area contributed by atoms with Crippen LogP contribution in [0.4, 0.5) is 52.7 Å². The van der Waals surface area contributed by atoms with Crippen LogP contribution in [0.5, 0.6) is 0 Å². The third-order valence-corrected chi connectivity index (χ3v) is 12.5. The quantitative estimate of drug-likeness (QED) is 0.0701. The predicted octanol–water partition coefficient (Wildman–Crippen LogP) is 7.55. The highest BCUT2D eigenvalue weighted by molar-refractivity contribution is 6.79. The van der Waals surface area contributed by atoms with Crippen molar-refractivity contribution in [2.75, 3.05) is 19.8 Å². The maximum Gasteiger partial charge on any atom is 0.434 e. The molecule has 0 bridgehead atoms. The molecule has 0 amide bonds. The molecule has 0 aromatic carbocycles. The second kappa shape index (κ2) is 16.8. The molecule has 0 rings (SSSR count). The second-order valence-corrected chi connectivity index (χ2v) is 19.6. The lowest BCUT2D eigenvalue weighted by molar-refractivity contribution is -0.317. The van der Waals surface area contributed by atoms with E-state index >= 15 is 0 Å². The van der Waals surface area contributed by atoms with E-state index in [4.69, 9.17) is 14.6 Å². The predicted molar refractivity (Wildman–Crippen MR) is 149 cm³/mol. The van der Waals surface area contributed by atoms with E-state index in [-0.39, 0.29) is 18.1 Å². The molecule has 8 nitrogen and oxygen atoms in total. The highest BCUT2D eigenvalue weighted by Crippen LogP contribution is 2.42. The van der Waals surface area contributed by atoms with Crippen molar-refractivity contribution in [3.63, 3.8) is 0 Å². The minimum absolute atomic E-state index is 0.220. The summed E-state index contributed by atoms with van der Waals surface area (Å²) in [6, 6.07) is 0. The van der Waals surface area contributed by atoms with Gasteiger partial charge in [0.1, 0.15) is 6.61 Å². The number of aliphatic hydroxyl groups excluding tert-OH is 1. The van der Waals surface area contributed by atoms with Crippen LogP contribution < -0.4 is 0 Å². The molecule has 0 heterocycles. The molecule has 0 aliphatic carbocycles. The Balaban J connectivity index is 6.95. The van der Waals surface area contributed by atoms with Crippen LogP contribution in [-0.2, 0) is 33.3 Å². The number of esters is 3. The lowest BCUT2D eigenvalue weighted by Crippen LogP contribution is -2.49. The third kappa shape index (κ3) is 14.8. The van der Waals surface area contributed by atoms with E-state index in [1.807, 2.05) is 33.5 Å². The maximum atomic E-state index is 13.3. The number of aliphatic hydroxyl groups is 1. The largest absolute Gasteiger partial charge is 0.463 e. The first-order valence-electron chi connectivity index (χ1n) is 14.7. The highest BCUT2D eigenvalue weighted by atomic mass is 28.3. The molecule has 0 aliphatic heterocycles. The Morgan fingerprint density at radius 2 is 1.10 bits per heavy atom. The normalized spacial score (nSPS) is 16.0. The van der Waals surface area contributed by atoms with Crippen molar-refractivity contribution >= 4 is 26.0 Å². The van der Waals surface area contributed by atoms with Gasteiger partial charge in [-0.3, -0.25) is 14.4 Å². The lowest BCUT2D eigenvalue weighted by atomic mass is 9.81. The third-order valence-electron chi connectivity index (χ3n) is 8.18. The van der Waals surface area contributed by atoms with Gasteiger partial charge in [0.25, 0.3) is 12.2 Å². The molecule has 0 fully saturated rings. The molecular weight excluding hydrogens is 720 g/mol. The number of carbonyl (C=O) groups excluding carboxylic acids is 3. The number of hydrogen-bond acceptors (Lipinski definition) is 8. The average molecular weight is 763 g/mol. The molecule has 0 aromatic rings. The van der Waals surface area contributed by atoms with E-state index in [2.05, 4.69) is 9.47 Å². The minimum Gasteiger partial charge on any atom is -0.463 e. The Labute approximate surface area is 276 Å². The molecular formula is C28H42F12O8Si. The number of halogens is 12. The standard InChI is InChI=1S/C28H42F12O8Si/c1-15(18(42)47-20(25(29,30)31)26(32,33)34)17(19(43)48-21(27(35,36)37)28(38,39)40)13-16(14-23(2,3)22(44)46-12-10-41)45-11-9-24(4,5)49(6,7)8/h15-17,20-21,41H,9-14H2,1-8H3. The maximum absolute atomic E-state index is 13.3.